The third-order valence-electron chi connectivity index (χ3n) is 3.61. The van der Waals surface area contributed by atoms with Crippen LogP contribution in [-0.2, 0) is 19.4 Å². The second-order valence-electron chi connectivity index (χ2n) is 5.50. The van der Waals surface area contributed by atoms with Crippen molar-refractivity contribution in [3.63, 3.8) is 0 Å². The van der Waals surface area contributed by atoms with Gasteiger partial charge in [0, 0.05) is 11.1 Å². The van der Waals surface area contributed by atoms with E-state index in [9.17, 15) is 18.0 Å². The van der Waals surface area contributed by atoms with Gasteiger partial charge in [-0.2, -0.15) is 0 Å². The smallest absolute Gasteiger partial charge is 0.342 e. The Labute approximate surface area is 145 Å². The Hall–Kier alpha value is -1.80. The monoisotopic (exact) mass is 375 g/mol. The molecule has 1 amide bonds. The molecule has 0 saturated carbocycles. The molecule has 24 heavy (non-hydrogen) atoms. The summed E-state index contributed by atoms with van der Waals surface area (Å²) in [6.07, 6.45) is -0.721. The van der Waals surface area contributed by atoms with E-state index in [2.05, 4.69) is 5.32 Å². The lowest BCUT2D eigenvalue weighted by Gasteiger charge is -2.17. The number of hydrogen-bond acceptors (Lipinski definition) is 6. The highest BCUT2D eigenvalue weighted by atomic mass is 35.5. The molecular weight excluding hydrogens is 358 g/mol. The summed E-state index contributed by atoms with van der Waals surface area (Å²) in [5, 5.41) is 2.91. The minimum Gasteiger partial charge on any atom is -0.496 e. The van der Waals surface area contributed by atoms with E-state index in [-0.39, 0.29) is 22.8 Å². The zero-order chi connectivity index (χ0) is 17.9. The Bertz CT molecular complexity index is 748. The number of esters is 1. The predicted octanol–water partition coefficient (Wildman–Crippen LogP) is 1.20. The Balaban J connectivity index is 1.98. The number of ether oxygens (including phenoxy) is 2. The maximum atomic E-state index is 12.2. The van der Waals surface area contributed by atoms with Crippen LogP contribution >= 0.6 is 11.6 Å². The van der Waals surface area contributed by atoms with E-state index in [1.54, 1.807) is 6.07 Å². The molecule has 0 aromatic heterocycles. The summed E-state index contributed by atoms with van der Waals surface area (Å²) in [5.41, 5.74) is 0.105. The number of amides is 1. The fourth-order valence-corrected chi connectivity index (χ4v) is 4.19. The number of methoxy groups -OCH3 is 1. The van der Waals surface area contributed by atoms with Crippen molar-refractivity contribution in [3.05, 3.63) is 28.8 Å². The lowest BCUT2D eigenvalue weighted by Crippen LogP contribution is -2.42. The molecule has 1 fully saturated rings. The molecule has 2 atom stereocenters. The van der Waals surface area contributed by atoms with Crippen LogP contribution in [0.3, 0.4) is 0 Å². The average Bonchev–Trinajstić information content (AvgIpc) is 2.85. The summed E-state index contributed by atoms with van der Waals surface area (Å²) >= 11 is 5.86. The van der Waals surface area contributed by atoms with Gasteiger partial charge in [0.1, 0.15) is 11.3 Å². The number of nitrogens with one attached hydrogen (secondary N) is 1. The van der Waals surface area contributed by atoms with Gasteiger partial charge in [0.25, 0.3) is 5.91 Å². The summed E-state index contributed by atoms with van der Waals surface area (Å²) in [7, 11) is -1.70. The van der Waals surface area contributed by atoms with E-state index in [4.69, 9.17) is 21.1 Å². The maximum Gasteiger partial charge on any atom is 0.342 e. The number of halogens is 1. The van der Waals surface area contributed by atoms with Gasteiger partial charge in [-0.15, -0.1) is 0 Å². The van der Waals surface area contributed by atoms with E-state index in [1.165, 1.54) is 26.2 Å². The highest BCUT2D eigenvalue weighted by molar-refractivity contribution is 7.91. The van der Waals surface area contributed by atoms with E-state index in [1.807, 2.05) is 0 Å². The summed E-state index contributed by atoms with van der Waals surface area (Å²) < 4.78 is 33.0. The van der Waals surface area contributed by atoms with Crippen molar-refractivity contribution in [1.82, 2.24) is 5.32 Å². The molecule has 1 N–H and O–H groups in total. The van der Waals surface area contributed by atoms with Gasteiger partial charge >= 0.3 is 5.97 Å². The number of benzene rings is 1. The molecule has 132 valence electrons. The highest BCUT2D eigenvalue weighted by Crippen LogP contribution is 2.23. The number of hydrogen-bond donors (Lipinski definition) is 1. The molecule has 1 heterocycles. The lowest BCUT2D eigenvalue weighted by molar-refractivity contribution is -0.129. The fraction of sp³-hybridized carbons (Fsp3) is 0.467. The molecule has 0 spiro atoms. The molecule has 1 aromatic rings. The summed E-state index contributed by atoms with van der Waals surface area (Å²) in [4.78, 5) is 24.3. The molecule has 1 aliphatic rings. The average molecular weight is 376 g/mol. The SMILES string of the molecule is COc1ccc(Cl)cc1C(=O)O[C@@H](C)C(=O)N[C@H]1CCS(=O)(=O)C1. The molecule has 2 rings (SSSR count). The summed E-state index contributed by atoms with van der Waals surface area (Å²) in [5.74, 6) is -1.07. The van der Waals surface area contributed by atoms with Crippen molar-refractivity contribution in [2.75, 3.05) is 18.6 Å². The third kappa shape index (κ3) is 4.61. The van der Waals surface area contributed by atoms with Crippen LogP contribution in [0.25, 0.3) is 0 Å². The fourth-order valence-electron chi connectivity index (χ4n) is 2.34. The largest absolute Gasteiger partial charge is 0.496 e. The van der Waals surface area contributed by atoms with Gasteiger partial charge in [0.15, 0.2) is 15.9 Å². The number of rotatable bonds is 5. The first-order chi connectivity index (χ1) is 11.2. The molecule has 0 aliphatic carbocycles. The quantitative estimate of drug-likeness (QED) is 0.776. The van der Waals surface area contributed by atoms with Gasteiger partial charge in [-0.05, 0) is 31.5 Å². The van der Waals surface area contributed by atoms with Crippen LogP contribution in [0.15, 0.2) is 18.2 Å². The Morgan fingerprint density at radius 3 is 2.67 bits per heavy atom. The Morgan fingerprint density at radius 2 is 2.08 bits per heavy atom. The standard InChI is InChI=1S/C15H18ClNO6S/c1-9(14(18)17-11-5-6-24(20,21)8-11)23-15(19)12-7-10(16)3-4-13(12)22-2/h3-4,7,9,11H,5-6,8H2,1-2H3,(H,17,18)/t9-,11-/m0/s1. The third-order valence-corrected chi connectivity index (χ3v) is 5.62. The first kappa shape index (κ1) is 18.5. The first-order valence-corrected chi connectivity index (χ1v) is 9.47. The molecule has 9 heteroatoms. The molecule has 1 aromatic carbocycles. The molecule has 0 radical (unpaired) electrons. The Morgan fingerprint density at radius 1 is 1.38 bits per heavy atom. The molecule has 1 saturated heterocycles. The van der Waals surface area contributed by atoms with Crippen LogP contribution in [0, 0.1) is 0 Å². The molecule has 0 bridgehead atoms. The lowest BCUT2D eigenvalue weighted by atomic mass is 10.2. The maximum absolute atomic E-state index is 12.2. The second kappa shape index (κ2) is 7.40. The second-order valence-corrected chi connectivity index (χ2v) is 8.17. The number of carbonyl (C=O) groups is 2. The van der Waals surface area contributed by atoms with Crippen molar-refractivity contribution >= 4 is 33.3 Å². The molecule has 7 nitrogen and oxygen atoms in total. The predicted molar refractivity (Wildman–Crippen MR) is 88.1 cm³/mol. The molecule has 1 aliphatic heterocycles. The van der Waals surface area contributed by atoms with Crippen molar-refractivity contribution in [1.29, 1.82) is 0 Å². The van der Waals surface area contributed by atoms with Gasteiger partial charge < -0.3 is 14.8 Å². The summed E-state index contributed by atoms with van der Waals surface area (Å²) in [6, 6.07) is 4.02. The van der Waals surface area contributed by atoms with Crippen LogP contribution in [0.5, 0.6) is 5.75 Å². The van der Waals surface area contributed by atoms with Crippen molar-refractivity contribution in [2.45, 2.75) is 25.5 Å². The zero-order valence-electron chi connectivity index (χ0n) is 13.2. The van der Waals surface area contributed by atoms with Gasteiger partial charge in [-0.1, -0.05) is 11.6 Å². The van der Waals surface area contributed by atoms with Crippen LogP contribution in [-0.4, -0.2) is 51.1 Å². The normalized spacial score (nSPS) is 20.2. The van der Waals surface area contributed by atoms with E-state index < -0.39 is 33.9 Å². The summed E-state index contributed by atoms with van der Waals surface area (Å²) in [6.45, 7) is 1.41. The van der Waals surface area contributed by atoms with Crippen molar-refractivity contribution in [3.8, 4) is 5.75 Å². The minimum absolute atomic E-state index is 0.0474. The van der Waals surface area contributed by atoms with Crippen molar-refractivity contribution < 1.29 is 27.5 Å². The first-order valence-electron chi connectivity index (χ1n) is 7.27. The zero-order valence-corrected chi connectivity index (χ0v) is 14.8. The molecule has 0 unspecified atom stereocenters. The van der Waals surface area contributed by atoms with Crippen LogP contribution in [0.2, 0.25) is 5.02 Å². The van der Waals surface area contributed by atoms with Crippen LogP contribution < -0.4 is 10.1 Å². The van der Waals surface area contributed by atoms with E-state index in [0.717, 1.165) is 0 Å². The minimum atomic E-state index is -3.10. The van der Waals surface area contributed by atoms with Gasteiger partial charge in [0.2, 0.25) is 0 Å². The number of sulfone groups is 1. The van der Waals surface area contributed by atoms with Crippen LogP contribution in [0.4, 0.5) is 0 Å². The Kier molecular flexibility index (Phi) is 5.71. The van der Waals surface area contributed by atoms with Gasteiger partial charge in [-0.3, -0.25) is 4.79 Å². The van der Waals surface area contributed by atoms with E-state index >= 15 is 0 Å². The van der Waals surface area contributed by atoms with Crippen LogP contribution in [0.1, 0.15) is 23.7 Å². The van der Waals surface area contributed by atoms with Gasteiger partial charge in [0.05, 0.1) is 18.6 Å². The topological polar surface area (TPSA) is 98.8 Å². The molecular formula is C15H18ClNO6S. The van der Waals surface area contributed by atoms with Crippen molar-refractivity contribution in [2.24, 2.45) is 0 Å². The van der Waals surface area contributed by atoms with Gasteiger partial charge in [-0.25, -0.2) is 13.2 Å². The highest BCUT2D eigenvalue weighted by Gasteiger charge is 2.31. The number of carbonyl (C=O) groups excluding carboxylic acids is 2. The van der Waals surface area contributed by atoms with E-state index in [0.29, 0.717) is 11.4 Å².